The van der Waals surface area contributed by atoms with Gasteiger partial charge in [0.15, 0.2) is 11.5 Å². The number of hydrogen-bond acceptors (Lipinski definition) is 5. The molecule has 4 rings (SSSR count). The highest BCUT2D eigenvalue weighted by atomic mass is 32.2. The van der Waals surface area contributed by atoms with Crippen LogP contribution in [0.1, 0.15) is 4.88 Å². The van der Waals surface area contributed by atoms with E-state index in [1.165, 1.54) is 11.3 Å². The van der Waals surface area contributed by atoms with E-state index in [9.17, 15) is 17.2 Å². The van der Waals surface area contributed by atoms with Gasteiger partial charge in [0.25, 0.3) is 10.0 Å². The molecule has 3 aromatic rings. The summed E-state index contributed by atoms with van der Waals surface area (Å²) in [5.41, 5.74) is 0.308. The molecule has 0 fully saturated rings. The molecule has 0 N–H and O–H groups in total. The SMILES string of the molecule is O=S(=O)(c1cc(F)cc(F)c1)N(Cc1cccs1)c1ccc2c(c1)OCCO2. The van der Waals surface area contributed by atoms with E-state index in [2.05, 4.69) is 0 Å². The first-order valence-electron chi connectivity index (χ1n) is 8.34. The summed E-state index contributed by atoms with van der Waals surface area (Å²) >= 11 is 1.38. The Kier molecular flexibility index (Phi) is 4.94. The first-order valence-corrected chi connectivity index (χ1v) is 10.7. The van der Waals surface area contributed by atoms with Crippen molar-refractivity contribution in [1.82, 2.24) is 0 Å². The van der Waals surface area contributed by atoms with Gasteiger partial charge in [-0.25, -0.2) is 17.2 Å². The highest BCUT2D eigenvalue weighted by Gasteiger charge is 2.28. The molecule has 1 aliphatic heterocycles. The molecule has 0 bridgehead atoms. The Morgan fingerprint density at radius 3 is 2.36 bits per heavy atom. The van der Waals surface area contributed by atoms with Crippen molar-refractivity contribution in [2.45, 2.75) is 11.4 Å². The van der Waals surface area contributed by atoms with Gasteiger partial charge in [0, 0.05) is 17.0 Å². The van der Waals surface area contributed by atoms with Crippen LogP contribution in [0.4, 0.5) is 14.5 Å². The molecule has 2 heterocycles. The molecule has 0 saturated heterocycles. The van der Waals surface area contributed by atoms with Crippen LogP contribution in [-0.2, 0) is 16.6 Å². The molecular weight excluding hydrogens is 408 g/mol. The normalized spacial score (nSPS) is 13.4. The molecule has 1 aliphatic rings. The number of nitrogens with zero attached hydrogens (tertiary/aromatic N) is 1. The molecule has 0 amide bonds. The van der Waals surface area contributed by atoms with Crippen molar-refractivity contribution in [3.05, 3.63) is 70.4 Å². The third-order valence-electron chi connectivity index (χ3n) is 4.12. The van der Waals surface area contributed by atoms with Crippen LogP contribution in [0.15, 0.2) is 58.8 Å². The molecule has 0 saturated carbocycles. The van der Waals surface area contributed by atoms with Crippen LogP contribution < -0.4 is 13.8 Å². The molecule has 5 nitrogen and oxygen atoms in total. The zero-order chi connectivity index (χ0) is 19.7. The molecule has 0 spiro atoms. The first kappa shape index (κ1) is 18.7. The van der Waals surface area contributed by atoms with E-state index < -0.39 is 26.6 Å². The molecule has 28 heavy (non-hydrogen) atoms. The number of ether oxygens (including phenoxy) is 2. The lowest BCUT2D eigenvalue weighted by Gasteiger charge is -2.26. The van der Waals surface area contributed by atoms with Crippen LogP contribution in [0, 0.1) is 11.6 Å². The Bertz CT molecular complexity index is 1080. The largest absolute Gasteiger partial charge is 0.486 e. The Morgan fingerprint density at radius 1 is 0.964 bits per heavy atom. The summed E-state index contributed by atoms with van der Waals surface area (Å²) in [6, 6.07) is 10.6. The van der Waals surface area contributed by atoms with Crippen LogP contribution in [0.25, 0.3) is 0 Å². The quantitative estimate of drug-likeness (QED) is 0.618. The van der Waals surface area contributed by atoms with E-state index in [-0.39, 0.29) is 6.54 Å². The van der Waals surface area contributed by atoms with Crippen molar-refractivity contribution in [3.8, 4) is 11.5 Å². The number of fused-ring (bicyclic) bond motifs is 1. The monoisotopic (exact) mass is 423 g/mol. The van der Waals surface area contributed by atoms with Crippen molar-refractivity contribution >= 4 is 27.0 Å². The molecule has 0 atom stereocenters. The van der Waals surface area contributed by atoms with E-state index in [0.717, 1.165) is 21.3 Å². The van der Waals surface area contributed by atoms with Crippen LogP contribution in [-0.4, -0.2) is 21.6 Å². The van der Waals surface area contributed by atoms with E-state index >= 15 is 0 Å². The van der Waals surface area contributed by atoms with Gasteiger partial charge in [0.1, 0.15) is 24.8 Å². The zero-order valence-corrected chi connectivity index (χ0v) is 16.1. The third kappa shape index (κ3) is 3.67. The van der Waals surface area contributed by atoms with E-state index in [4.69, 9.17) is 9.47 Å². The number of thiophene rings is 1. The van der Waals surface area contributed by atoms with Gasteiger partial charge in [-0.05, 0) is 35.7 Å². The van der Waals surface area contributed by atoms with Gasteiger partial charge in [-0.15, -0.1) is 11.3 Å². The predicted molar refractivity (Wildman–Crippen MR) is 101 cm³/mol. The summed E-state index contributed by atoms with van der Waals surface area (Å²) in [6.07, 6.45) is 0. The van der Waals surface area contributed by atoms with E-state index in [0.29, 0.717) is 36.5 Å². The molecule has 0 radical (unpaired) electrons. The minimum absolute atomic E-state index is 0.0117. The fraction of sp³-hybridized carbons (Fsp3) is 0.158. The summed E-state index contributed by atoms with van der Waals surface area (Å²) in [6.45, 7) is 0.771. The Labute approximate surface area is 164 Å². The molecule has 0 unspecified atom stereocenters. The van der Waals surface area contributed by atoms with Crippen molar-refractivity contribution in [3.63, 3.8) is 0 Å². The molecule has 146 valence electrons. The average molecular weight is 423 g/mol. The minimum Gasteiger partial charge on any atom is -0.486 e. The zero-order valence-electron chi connectivity index (χ0n) is 14.5. The molecule has 1 aromatic heterocycles. The molecule has 2 aromatic carbocycles. The summed E-state index contributed by atoms with van der Waals surface area (Å²) < 4.78 is 66.0. The number of benzene rings is 2. The lowest BCUT2D eigenvalue weighted by Crippen LogP contribution is -2.30. The number of hydrogen-bond donors (Lipinski definition) is 0. The summed E-state index contributed by atoms with van der Waals surface area (Å²) in [7, 11) is -4.24. The number of anilines is 1. The molecular formula is C19H15F2NO4S2. The standard InChI is InChI=1S/C19H15F2NO4S2/c20-13-8-14(21)10-17(9-13)28(23,24)22(12-16-2-1-7-27-16)15-3-4-18-19(11-15)26-6-5-25-18/h1-4,7-11H,5-6,12H2. The fourth-order valence-electron chi connectivity index (χ4n) is 2.85. The van der Waals surface area contributed by atoms with Gasteiger partial charge < -0.3 is 9.47 Å². The third-order valence-corrected chi connectivity index (χ3v) is 6.73. The average Bonchev–Trinajstić information content (AvgIpc) is 3.18. The van der Waals surface area contributed by atoms with Crippen molar-refractivity contribution in [2.75, 3.05) is 17.5 Å². The van der Waals surface area contributed by atoms with Crippen molar-refractivity contribution < 1.29 is 26.7 Å². The summed E-state index contributed by atoms with van der Waals surface area (Å²) in [4.78, 5) is 0.312. The van der Waals surface area contributed by atoms with Crippen molar-refractivity contribution in [1.29, 1.82) is 0 Å². The van der Waals surface area contributed by atoms with Gasteiger partial charge in [0.2, 0.25) is 0 Å². The van der Waals surface area contributed by atoms with Gasteiger partial charge >= 0.3 is 0 Å². The van der Waals surface area contributed by atoms with Gasteiger partial charge in [-0.3, -0.25) is 4.31 Å². The van der Waals surface area contributed by atoms with Crippen LogP contribution in [0.2, 0.25) is 0 Å². The highest BCUT2D eigenvalue weighted by molar-refractivity contribution is 7.92. The second-order valence-electron chi connectivity index (χ2n) is 6.02. The van der Waals surface area contributed by atoms with Crippen LogP contribution in [0.3, 0.4) is 0 Å². The number of rotatable bonds is 5. The second kappa shape index (κ2) is 7.40. The predicted octanol–water partition coefficient (Wildman–Crippen LogP) is 4.19. The number of sulfonamides is 1. The van der Waals surface area contributed by atoms with Crippen molar-refractivity contribution in [2.24, 2.45) is 0 Å². The fourth-order valence-corrected chi connectivity index (χ4v) is 5.10. The maximum Gasteiger partial charge on any atom is 0.264 e. The van der Waals surface area contributed by atoms with E-state index in [1.807, 2.05) is 5.38 Å². The van der Waals surface area contributed by atoms with E-state index in [1.54, 1.807) is 30.3 Å². The lowest BCUT2D eigenvalue weighted by atomic mass is 10.2. The summed E-state index contributed by atoms with van der Waals surface area (Å²) in [5.74, 6) is -0.991. The first-order chi connectivity index (χ1) is 13.4. The molecule has 0 aliphatic carbocycles. The second-order valence-corrected chi connectivity index (χ2v) is 8.92. The smallest absolute Gasteiger partial charge is 0.264 e. The lowest BCUT2D eigenvalue weighted by molar-refractivity contribution is 0.171. The molecule has 9 heteroatoms. The maximum absolute atomic E-state index is 13.7. The Hall–Kier alpha value is -2.65. The number of halogens is 2. The van der Waals surface area contributed by atoms with Crippen LogP contribution >= 0.6 is 11.3 Å². The summed E-state index contributed by atoms with van der Waals surface area (Å²) in [5, 5.41) is 1.83. The Morgan fingerprint density at radius 2 is 1.68 bits per heavy atom. The van der Waals surface area contributed by atoms with Gasteiger partial charge in [0.05, 0.1) is 17.1 Å². The Balaban J connectivity index is 1.81. The van der Waals surface area contributed by atoms with Crippen LogP contribution in [0.5, 0.6) is 11.5 Å². The topological polar surface area (TPSA) is 55.8 Å². The van der Waals surface area contributed by atoms with Gasteiger partial charge in [-0.1, -0.05) is 6.07 Å². The highest BCUT2D eigenvalue weighted by Crippen LogP contribution is 2.36. The minimum atomic E-state index is -4.24. The maximum atomic E-state index is 13.7. The van der Waals surface area contributed by atoms with Gasteiger partial charge in [-0.2, -0.15) is 0 Å².